The summed E-state index contributed by atoms with van der Waals surface area (Å²) < 4.78 is 7.85. The van der Waals surface area contributed by atoms with Crippen molar-refractivity contribution in [3.8, 4) is 0 Å². The average Bonchev–Trinajstić information content (AvgIpc) is 2.96. The Labute approximate surface area is 154 Å². The number of hydrogen-bond donors (Lipinski definition) is 1. The van der Waals surface area contributed by atoms with E-state index < -0.39 is 11.2 Å². The summed E-state index contributed by atoms with van der Waals surface area (Å²) in [6, 6.07) is 1.37. The molecular weight excluding hydrogens is 358 g/mol. The van der Waals surface area contributed by atoms with Crippen LogP contribution in [0.15, 0.2) is 20.8 Å². The highest BCUT2D eigenvalue weighted by molar-refractivity contribution is 7.99. The molecule has 1 N–H and O–H groups in total. The van der Waals surface area contributed by atoms with Gasteiger partial charge in [-0.1, -0.05) is 25.1 Å². The first kappa shape index (κ1) is 20.0. The fourth-order valence-corrected chi connectivity index (χ4v) is 3.12. The van der Waals surface area contributed by atoms with Crippen molar-refractivity contribution in [1.82, 2.24) is 24.3 Å². The molecule has 0 saturated heterocycles. The summed E-state index contributed by atoms with van der Waals surface area (Å²) in [6.45, 7) is 6.45. The van der Waals surface area contributed by atoms with Gasteiger partial charge in [0.2, 0.25) is 0 Å². The lowest BCUT2D eigenvalue weighted by Crippen LogP contribution is -2.36. The predicted octanol–water partition coefficient (Wildman–Crippen LogP) is 0.940. The molecule has 2 heterocycles. The zero-order valence-electron chi connectivity index (χ0n) is 15.2. The van der Waals surface area contributed by atoms with Gasteiger partial charge in [-0.25, -0.2) is 4.79 Å². The van der Waals surface area contributed by atoms with Gasteiger partial charge in [-0.15, -0.1) is 10.2 Å². The molecule has 0 bridgehead atoms. The van der Waals surface area contributed by atoms with Crippen molar-refractivity contribution in [2.75, 3.05) is 12.4 Å². The Balaban J connectivity index is 2.27. The van der Waals surface area contributed by atoms with E-state index in [1.165, 1.54) is 17.8 Å². The maximum atomic E-state index is 12.1. The van der Waals surface area contributed by atoms with E-state index in [9.17, 15) is 14.4 Å². The number of H-pyrrole nitrogens is 1. The van der Waals surface area contributed by atoms with Gasteiger partial charge in [0, 0.05) is 18.3 Å². The van der Waals surface area contributed by atoms with Crippen LogP contribution in [0.25, 0.3) is 0 Å². The summed E-state index contributed by atoms with van der Waals surface area (Å²) in [6.07, 6.45) is 1.85. The third kappa shape index (κ3) is 5.07. The number of esters is 1. The zero-order valence-corrected chi connectivity index (χ0v) is 16.0. The Bertz CT molecular complexity index is 839. The molecule has 0 aliphatic rings. The van der Waals surface area contributed by atoms with E-state index in [0.717, 1.165) is 17.4 Å². The number of aryl methyl sites for hydroxylation is 1. The van der Waals surface area contributed by atoms with Crippen LogP contribution in [0.2, 0.25) is 0 Å². The minimum absolute atomic E-state index is 0.0190. The molecule has 0 aliphatic carbocycles. The maximum absolute atomic E-state index is 12.1. The number of unbranched alkanes of at least 4 members (excludes halogenated alkanes) is 1. The molecule has 0 atom stereocenters. The number of hydrogen-bond acceptors (Lipinski definition) is 7. The van der Waals surface area contributed by atoms with E-state index in [1.807, 2.05) is 4.57 Å². The van der Waals surface area contributed by atoms with Crippen LogP contribution in [-0.2, 0) is 22.6 Å². The van der Waals surface area contributed by atoms with E-state index in [1.54, 1.807) is 13.8 Å². The number of aromatic nitrogens is 5. The predicted molar refractivity (Wildman–Crippen MR) is 97.4 cm³/mol. The van der Waals surface area contributed by atoms with E-state index in [0.29, 0.717) is 29.8 Å². The summed E-state index contributed by atoms with van der Waals surface area (Å²) in [5.41, 5.74) is -0.368. The van der Waals surface area contributed by atoms with Gasteiger partial charge in [-0.3, -0.25) is 14.2 Å². The van der Waals surface area contributed by atoms with Crippen molar-refractivity contribution in [1.29, 1.82) is 0 Å². The fraction of sp³-hybridized carbons (Fsp3) is 0.562. The van der Waals surface area contributed by atoms with Crippen LogP contribution >= 0.6 is 11.8 Å². The number of carbonyl (C=O) groups excluding carboxylic acids is 1. The second-order valence-corrected chi connectivity index (χ2v) is 6.62. The first-order chi connectivity index (χ1) is 12.5. The normalized spacial score (nSPS) is 10.9. The molecule has 0 fully saturated rings. The van der Waals surface area contributed by atoms with E-state index in [4.69, 9.17) is 4.74 Å². The topological polar surface area (TPSA) is 112 Å². The van der Waals surface area contributed by atoms with Crippen LogP contribution in [0.5, 0.6) is 0 Å². The number of nitrogens with zero attached hydrogens (tertiary/aromatic N) is 4. The zero-order chi connectivity index (χ0) is 19.1. The molecule has 142 valence electrons. The average molecular weight is 381 g/mol. The summed E-state index contributed by atoms with van der Waals surface area (Å²) in [4.78, 5) is 38.3. The van der Waals surface area contributed by atoms with Crippen LogP contribution in [0.3, 0.4) is 0 Å². The smallest absolute Gasteiger partial charge is 0.328 e. The maximum Gasteiger partial charge on any atom is 0.328 e. The van der Waals surface area contributed by atoms with Gasteiger partial charge in [-0.05, 0) is 20.3 Å². The minimum Gasteiger partial charge on any atom is -0.465 e. The number of nitrogens with one attached hydrogen (secondary N) is 1. The highest BCUT2D eigenvalue weighted by Crippen LogP contribution is 2.18. The van der Waals surface area contributed by atoms with Crippen molar-refractivity contribution in [3.05, 3.63) is 38.4 Å². The molecule has 0 amide bonds. The molecule has 26 heavy (non-hydrogen) atoms. The largest absolute Gasteiger partial charge is 0.465 e. The SMILES string of the molecule is CCCCn1c(Cn2c(=O)cc(C)[nH]c2=O)nnc1SCC(=O)OCC. The first-order valence-corrected chi connectivity index (χ1v) is 9.46. The Kier molecular flexibility index (Phi) is 7.19. The monoisotopic (exact) mass is 381 g/mol. The van der Waals surface area contributed by atoms with Gasteiger partial charge in [0.15, 0.2) is 11.0 Å². The second-order valence-electron chi connectivity index (χ2n) is 5.68. The van der Waals surface area contributed by atoms with E-state index >= 15 is 0 Å². The van der Waals surface area contributed by atoms with Gasteiger partial charge in [0.25, 0.3) is 5.56 Å². The lowest BCUT2D eigenvalue weighted by molar-refractivity contribution is -0.139. The molecule has 0 aromatic carbocycles. The summed E-state index contributed by atoms with van der Waals surface area (Å²) in [7, 11) is 0. The van der Waals surface area contributed by atoms with Crippen LogP contribution in [-0.4, -0.2) is 42.6 Å². The molecule has 9 nitrogen and oxygen atoms in total. The number of aromatic amines is 1. The number of thioether (sulfide) groups is 1. The van der Waals surface area contributed by atoms with Gasteiger partial charge < -0.3 is 14.3 Å². The molecule has 2 aromatic rings. The van der Waals surface area contributed by atoms with Gasteiger partial charge in [0.1, 0.15) is 0 Å². The molecule has 0 aliphatic heterocycles. The molecular formula is C16H23N5O4S. The van der Waals surface area contributed by atoms with E-state index in [-0.39, 0.29) is 18.3 Å². The lowest BCUT2D eigenvalue weighted by Gasteiger charge is -2.10. The minimum atomic E-state index is -0.485. The van der Waals surface area contributed by atoms with Crippen molar-refractivity contribution in [2.24, 2.45) is 0 Å². The van der Waals surface area contributed by atoms with Gasteiger partial charge in [-0.2, -0.15) is 0 Å². The van der Waals surface area contributed by atoms with Crippen LogP contribution in [0.4, 0.5) is 0 Å². The highest BCUT2D eigenvalue weighted by Gasteiger charge is 2.16. The van der Waals surface area contributed by atoms with Crippen LogP contribution in [0.1, 0.15) is 38.2 Å². The quantitative estimate of drug-likeness (QED) is 0.508. The van der Waals surface area contributed by atoms with Crippen molar-refractivity contribution in [2.45, 2.75) is 51.9 Å². The Morgan fingerprint density at radius 1 is 1.27 bits per heavy atom. The lowest BCUT2D eigenvalue weighted by atomic mass is 10.3. The second kappa shape index (κ2) is 9.37. The number of ether oxygens (including phenoxy) is 1. The molecule has 10 heteroatoms. The van der Waals surface area contributed by atoms with Crippen LogP contribution in [0, 0.1) is 6.92 Å². The Morgan fingerprint density at radius 3 is 2.69 bits per heavy atom. The highest BCUT2D eigenvalue weighted by atomic mass is 32.2. The van der Waals surface area contributed by atoms with Crippen LogP contribution < -0.4 is 11.2 Å². The summed E-state index contributed by atoms with van der Waals surface area (Å²) in [5, 5.41) is 8.80. The number of rotatable bonds is 9. The van der Waals surface area contributed by atoms with Gasteiger partial charge in [0.05, 0.1) is 18.9 Å². The van der Waals surface area contributed by atoms with Crippen molar-refractivity contribution in [3.63, 3.8) is 0 Å². The Morgan fingerprint density at radius 2 is 2.04 bits per heavy atom. The third-order valence-electron chi connectivity index (χ3n) is 3.61. The molecule has 0 radical (unpaired) electrons. The molecule has 2 rings (SSSR count). The standard InChI is InChI=1S/C16H23N5O4S/c1-4-6-7-20-12(9-21-13(22)8-11(3)17-15(21)24)18-19-16(20)26-10-14(23)25-5-2/h8H,4-7,9-10H2,1-3H3,(H,17,24). The molecule has 2 aromatic heterocycles. The van der Waals surface area contributed by atoms with E-state index in [2.05, 4.69) is 22.1 Å². The fourth-order valence-electron chi connectivity index (χ4n) is 2.34. The first-order valence-electron chi connectivity index (χ1n) is 8.47. The third-order valence-corrected chi connectivity index (χ3v) is 4.55. The van der Waals surface area contributed by atoms with Crippen molar-refractivity contribution < 1.29 is 9.53 Å². The summed E-state index contributed by atoms with van der Waals surface area (Å²) in [5.74, 6) is 0.305. The number of carbonyl (C=O) groups is 1. The Hall–Kier alpha value is -2.36. The molecule has 0 spiro atoms. The molecule has 0 unspecified atom stereocenters. The van der Waals surface area contributed by atoms with Crippen molar-refractivity contribution >= 4 is 17.7 Å². The van der Waals surface area contributed by atoms with Gasteiger partial charge >= 0.3 is 11.7 Å². The molecule has 0 saturated carbocycles. The summed E-state index contributed by atoms with van der Waals surface area (Å²) >= 11 is 1.23.